The quantitative estimate of drug-likeness (QED) is 0.359. The molecule has 7 nitrogen and oxygen atoms in total. The summed E-state index contributed by atoms with van der Waals surface area (Å²) >= 11 is 1.49. The summed E-state index contributed by atoms with van der Waals surface area (Å²) in [5, 5.41) is 2.75. The Morgan fingerprint density at radius 3 is 2.46 bits per heavy atom. The Morgan fingerprint density at radius 1 is 1.00 bits per heavy atom. The van der Waals surface area contributed by atoms with Crippen LogP contribution in [-0.2, 0) is 30.8 Å². The second kappa shape index (κ2) is 11.1. The van der Waals surface area contributed by atoms with Crippen LogP contribution in [0.15, 0.2) is 88.7 Å². The number of sulfonamides is 1. The third kappa shape index (κ3) is 5.75. The van der Waals surface area contributed by atoms with Gasteiger partial charge in [-0.25, -0.2) is 8.42 Å². The number of para-hydroxylation sites is 1. The SMILES string of the molecule is CSc1ccccc1NC(=O)COC(=O)CC1c2ccccc2CCN1S(=O)(=O)c1ccccc1. The van der Waals surface area contributed by atoms with E-state index in [2.05, 4.69) is 5.32 Å². The molecule has 1 amide bonds. The molecule has 1 aliphatic heterocycles. The summed E-state index contributed by atoms with van der Waals surface area (Å²) in [6.07, 6.45) is 2.26. The molecule has 0 saturated heterocycles. The minimum atomic E-state index is -3.84. The van der Waals surface area contributed by atoms with Gasteiger partial charge in [-0.1, -0.05) is 54.6 Å². The van der Waals surface area contributed by atoms with Crippen molar-refractivity contribution in [1.82, 2.24) is 4.31 Å². The van der Waals surface area contributed by atoms with Gasteiger partial charge in [-0.15, -0.1) is 11.8 Å². The number of hydrogen-bond donors (Lipinski definition) is 1. The Kier molecular flexibility index (Phi) is 7.90. The first kappa shape index (κ1) is 25.0. The number of rotatable bonds is 8. The van der Waals surface area contributed by atoms with E-state index in [9.17, 15) is 18.0 Å². The average Bonchev–Trinajstić information content (AvgIpc) is 2.88. The highest BCUT2D eigenvalue weighted by Gasteiger charge is 2.37. The highest BCUT2D eigenvalue weighted by atomic mass is 32.2. The zero-order valence-electron chi connectivity index (χ0n) is 19.2. The first-order chi connectivity index (χ1) is 16.9. The molecule has 1 aliphatic rings. The topological polar surface area (TPSA) is 92.8 Å². The summed E-state index contributed by atoms with van der Waals surface area (Å²) in [5.74, 6) is -1.11. The van der Waals surface area contributed by atoms with Crippen molar-refractivity contribution in [3.05, 3.63) is 90.0 Å². The molecule has 9 heteroatoms. The molecule has 0 bridgehead atoms. The number of carbonyl (C=O) groups is 2. The predicted octanol–water partition coefficient (Wildman–Crippen LogP) is 4.27. The van der Waals surface area contributed by atoms with Gasteiger partial charge in [-0.3, -0.25) is 9.59 Å². The lowest BCUT2D eigenvalue weighted by atomic mass is 9.92. The van der Waals surface area contributed by atoms with Crippen molar-refractivity contribution in [2.75, 3.05) is 24.7 Å². The maximum Gasteiger partial charge on any atom is 0.308 e. The highest BCUT2D eigenvalue weighted by Crippen LogP contribution is 2.36. The Hall–Kier alpha value is -3.14. The molecule has 3 aromatic rings. The third-order valence-electron chi connectivity index (χ3n) is 5.82. The smallest absolute Gasteiger partial charge is 0.308 e. The Bertz CT molecular complexity index is 1310. The van der Waals surface area contributed by atoms with Crippen molar-refractivity contribution in [1.29, 1.82) is 0 Å². The number of benzene rings is 3. The molecule has 0 fully saturated rings. The van der Waals surface area contributed by atoms with Crippen molar-refractivity contribution in [3.63, 3.8) is 0 Å². The van der Waals surface area contributed by atoms with E-state index >= 15 is 0 Å². The number of nitrogens with zero attached hydrogens (tertiary/aromatic N) is 1. The van der Waals surface area contributed by atoms with E-state index in [1.54, 1.807) is 36.4 Å². The first-order valence-corrected chi connectivity index (χ1v) is 13.8. The fourth-order valence-electron chi connectivity index (χ4n) is 4.15. The minimum absolute atomic E-state index is 0.171. The lowest BCUT2D eigenvalue weighted by Gasteiger charge is -2.36. The molecular formula is C26H26N2O5S2. The molecular weight excluding hydrogens is 484 g/mol. The Balaban J connectivity index is 1.48. The van der Waals surface area contributed by atoms with Crippen LogP contribution in [0.5, 0.6) is 0 Å². The molecule has 1 unspecified atom stereocenters. The van der Waals surface area contributed by atoms with Crippen LogP contribution in [0.4, 0.5) is 5.69 Å². The van der Waals surface area contributed by atoms with E-state index in [0.717, 1.165) is 16.0 Å². The van der Waals surface area contributed by atoms with Gasteiger partial charge in [0.25, 0.3) is 5.91 Å². The minimum Gasteiger partial charge on any atom is -0.456 e. The van der Waals surface area contributed by atoms with Crippen LogP contribution < -0.4 is 5.32 Å². The van der Waals surface area contributed by atoms with E-state index in [4.69, 9.17) is 4.74 Å². The van der Waals surface area contributed by atoms with Crippen LogP contribution in [-0.4, -0.2) is 44.0 Å². The van der Waals surface area contributed by atoms with Gasteiger partial charge >= 0.3 is 5.97 Å². The average molecular weight is 511 g/mol. The lowest BCUT2D eigenvalue weighted by molar-refractivity contribution is -0.148. The second-order valence-electron chi connectivity index (χ2n) is 8.01. The maximum atomic E-state index is 13.4. The number of anilines is 1. The molecule has 4 rings (SSSR count). The van der Waals surface area contributed by atoms with Gasteiger partial charge in [0.15, 0.2) is 6.61 Å². The van der Waals surface area contributed by atoms with Gasteiger partial charge in [0.2, 0.25) is 10.0 Å². The summed E-state index contributed by atoms with van der Waals surface area (Å²) in [6.45, 7) is -0.209. The molecule has 0 aliphatic carbocycles. The van der Waals surface area contributed by atoms with Crippen LogP contribution in [0.2, 0.25) is 0 Å². The number of carbonyl (C=O) groups excluding carboxylic acids is 2. The number of hydrogen-bond acceptors (Lipinski definition) is 6. The molecule has 0 saturated carbocycles. The number of esters is 1. The Labute approximate surface area is 209 Å². The third-order valence-corrected chi connectivity index (χ3v) is 8.54. The standard InChI is InChI=1S/C26H26N2O5S2/c1-34-24-14-8-7-13-22(24)27-25(29)18-33-26(30)17-23-21-12-6-5-9-19(21)15-16-28(23)35(31,32)20-10-3-2-4-11-20/h2-14,23H,15-18H2,1H3,(H,27,29). The van der Waals surface area contributed by atoms with Crippen molar-refractivity contribution >= 4 is 39.3 Å². The fourth-order valence-corrected chi connectivity index (χ4v) is 6.33. The Morgan fingerprint density at radius 2 is 1.69 bits per heavy atom. The van der Waals surface area contributed by atoms with E-state index < -0.39 is 34.5 Å². The summed E-state index contributed by atoms with van der Waals surface area (Å²) in [7, 11) is -3.84. The van der Waals surface area contributed by atoms with Gasteiger partial charge in [0.1, 0.15) is 0 Å². The zero-order chi connectivity index (χ0) is 24.8. The van der Waals surface area contributed by atoms with Gasteiger partial charge < -0.3 is 10.1 Å². The lowest BCUT2D eigenvalue weighted by Crippen LogP contribution is -2.41. The number of nitrogens with one attached hydrogen (secondary N) is 1. The van der Waals surface area contributed by atoms with Crippen LogP contribution in [0.3, 0.4) is 0 Å². The summed E-state index contributed by atoms with van der Waals surface area (Å²) in [5.41, 5.74) is 2.41. The molecule has 1 N–H and O–H groups in total. The molecule has 1 atom stereocenters. The van der Waals surface area contributed by atoms with E-state index in [-0.39, 0.29) is 17.9 Å². The van der Waals surface area contributed by atoms with Gasteiger partial charge in [0, 0.05) is 11.4 Å². The number of fused-ring (bicyclic) bond motifs is 1. The zero-order valence-corrected chi connectivity index (χ0v) is 20.8. The van der Waals surface area contributed by atoms with E-state index in [1.807, 2.05) is 48.7 Å². The van der Waals surface area contributed by atoms with Crippen LogP contribution in [0, 0.1) is 0 Å². The molecule has 182 valence electrons. The van der Waals surface area contributed by atoms with Crippen molar-refractivity contribution < 1.29 is 22.7 Å². The number of thioether (sulfide) groups is 1. The van der Waals surface area contributed by atoms with Gasteiger partial charge in [-0.05, 0) is 48.1 Å². The largest absolute Gasteiger partial charge is 0.456 e. The monoisotopic (exact) mass is 510 g/mol. The maximum absolute atomic E-state index is 13.4. The fraction of sp³-hybridized carbons (Fsp3) is 0.231. The molecule has 1 heterocycles. The van der Waals surface area contributed by atoms with E-state index in [0.29, 0.717) is 12.1 Å². The summed E-state index contributed by atoms with van der Waals surface area (Å²) in [6, 6.07) is 22.3. The van der Waals surface area contributed by atoms with Crippen molar-refractivity contribution in [2.24, 2.45) is 0 Å². The molecule has 35 heavy (non-hydrogen) atoms. The van der Waals surface area contributed by atoms with Crippen molar-refractivity contribution in [2.45, 2.75) is 28.7 Å². The summed E-state index contributed by atoms with van der Waals surface area (Å²) in [4.78, 5) is 26.2. The second-order valence-corrected chi connectivity index (χ2v) is 10.7. The van der Waals surface area contributed by atoms with Crippen LogP contribution in [0.25, 0.3) is 0 Å². The summed E-state index contributed by atoms with van der Waals surface area (Å²) < 4.78 is 33.5. The molecule has 0 radical (unpaired) electrons. The van der Waals surface area contributed by atoms with Crippen molar-refractivity contribution in [3.8, 4) is 0 Å². The number of ether oxygens (including phenoxy) is 1. The van der Waals surface area contributed by atoms with Crippen LogP contribution >= 0.6 is 11.8 Å². The highest BCUT2D eigenvalue weighted by molar-refractivity contribution is 7.98. The molecule has 3 aromatic carbocycles. The number of amides is 1. The predicted molar refractivity (Wildman–Crippen MR) is 136 cm³/mol. The first-order valence-electron chi connectivity index (χ1n) is 11.1. The van der Waals surface area contributed by atoms with Crippen LogP contribution in [0.1, 0.15) is 23.6 Å². The van der Waals surface area contributed by atoms with E-state index in [1.165, 1.54) is 16.1 Å². The molecule has 0 spiro atoms. The van der Waals surface area contributed by atoms with Gasteiger partial charge in [-0.2, -0.15) is 4.31 Å². The van der Waals surface area contributed by atoms with Gasteiger partial charge in [0.05, 0.1) is 23.0 Å². The normalized spacial score (nSPS) is 15.7. The molecule has 0 aromatic heterocycles.